The summed E-state index contributed by atoms with van der Waals surface area (Å²) in [5.41, 5.74) is 5.67. The number of benzene rings is 2. The number of carbonyl (C=O) groups excluding carboxylic acids is 2. The van der Waals surface area contributed by atoms with Crippen LogP contribution in [-0.4, -0.2) is 30.6 Å². The zero-order valence-electron chi connectivity index (χ0n) is 16.7. The fourth-order valence-electron chi connectivity index (χ4n) is 2.36. The summed E-state index contributed by atoms with van der Waals surface area (Å²) < 4.78 is 10.8. The summed E-state index contributed by atoms with van der Waals surface area (Å²) in [6.07, 6.45) is 0.927. The second-order valence-corrected chi connectivity index (χ2v) is 7.03. The van der Waals surface area contributed by atoms with Crippen LogP contribution in [0.3, 0.4) is 0 Å². The number of methoxy groups -OCH3 is 1. The molecule has 8 heteroatoms. The summed E-state index contributed by atoms with van der Waals surface area (Å²) in [6, 6.07) is 13.6. The lowest BCUT2D eigenvalue weighted by molar-refractivity contribution is 0.0932. The van der Waals surface area contributed by atoms with E-state index in [1.807, 2.05) is 0 Å². The van der Waals surface area contributed by atoms with Crippen LogP contribution in [-0.2, 0) is 0 Å². The van der Waals surface area contributed by atoms with Crippen molar-refractivity contribution in [1.82, 2.24) is 16.2 Å². The Labute approximate surface area is 175 Å². The highest BCUT2D eigenvalue weighted by Gasteiger charge is 2.13. The molecule has 3 N–H and O–H groups in total. The SMILES string of the molecule is COc1ccccc1C(=O)NNC(=S)NC(=O)c1cccc(OCCC(C)C)c1. The first kappa shape index (κ1) is 22.2. The Morgan fingerprint density at radius 2 is 1.79 bits per heavy atom. The van der Waals surface area contributed by atoms with Crippen LogP contribution in [0.5, 0.6) is 11.5 Å². The maximum Gasteiger partial charge on any atom is 0.273 e. The van der Waals surface area contributed by atoms with E-state index in [-0.39, 0.29) is 5.11 Å². The minimum absolute atomic E-state index is 0.0376. The third kappa shape index (κ3) is 7.08. The molecule has 0 spiro atoms. The van der Waals surface area contributed by atoms with Crippen LogP contribution >= 0.6 is 12.2 Å². The van der Waals surface area contributed by atoms with E-state index in [0.717, 1.165) is 6.42 Å². The Morgan fingerprint density at radius 1 is 1.03 bits per heavy atom. The van der Waals surface area contributed by atoms with Gasteiger partial charge in [0.15, 0.2) is 5.11 Å². The van der Waals surface area contributed by atoms with Crippen molar-refractivity contribution in [1.29, 1.82) is 0 Å². The van der Waals surface area contributed by atoms with Crippen molar-refractivity contribution in [2.75, 3.05) is 13.7 Å². The molecule has 2 aromatic rings. The van der Waals surface area contributed by atoms with Crippen molar-refractivity contribution < 1.29 is 19.1 Å². The smallest absolute Gasteiger partial charge is 0.273 e. The fourth-order valence-corrected chi connectivity index (χ4v) is 2.50. The second kappa shape index (κ2) is 11.0. The van der Waals surface area contributed by atoms with Gasteiger partial charge in [-0.15, -0.1) is 0 Å². The van der Waals surface area contributed by atoms with Crippen molar-refractivity contribution >= 4 is 29.1 Å². The number of hydrogen-bond acceptors (Lipinski definition) is 5. The molecule has 0 aromatic heterocycles. The van der Waals surface area contributed by atoms with Gasteiger partial charge in [-0.2, -0.15) is 0 Å². The molecule has 2 rings (SSSR count). The van der Waals surface area contributed by atoms with Gasteiger partial charge in [0.1, 0.15) is 11.5 Å². The van der Waals surface area contributed by atoms with Crippen LogP contribution in [0, 0.1) is 5.92 Å². The molecule has 154 valence electrons. The Kier molecular flexibility index (Phi) is 8.42. The summed E-state index contributed by atoms with van der Waals surface area (Å²) in [4.78, 5) is 24.6. The van der Waals surface area contributed by atoms with Crippen molar-refractivity contribution in [2.24, 2.45) is 5.92 Å². The molecule has 0 unspecified atom stereocenters. The first-order valence-corrected chi connectivity index (χ1v) is 9.59. The van der Waals surface area contributed by atoms with E-state index in [1.165, 1.54) is 7.11 Å². The Morgan fingerprint density at radius 3 is 2.52 bits per heavy atom. The molecule has 0 heterocycles. The topological polar surface area (TPSA) is 88.7 Å². The maximum atomic E-state index is 12.4. The normalized spacial score (nSPS) is 10.2. The molecule has 7 nitrogen and oxygen atoms in total. The molecule has 0 fully saturated rings. The molecule has 0 aliphatic rings. The number of ether oxygens (including phenoxy) is 2. The zero-order chi connectivity index (χ0) is 21.2. The molecule has 0 aliphatic carbocycles. The van der Waals surface area contributed by atoms with Crippen molar-refractivity contribution in [3.8, 4) is 11.5 Å². The predicted octanol–water partition coefficient (Wildman–Crippen LogP) is 3.07. The molecule has 0 saturated carbocycles. The van der Waals surface area contributed by atoms with E-state index < -0.39 is 11.8 Å². The number of para-hydroxylation sites is 1. The molecular weight excluding hydrogens is 390 g/mol. The molecule has 2 aromatic carbocycles. The summed E-state index contributed by atoms with van der Waals surface area (Å²) >= 11 is 5.07. The number of hydrogen-bond donors (Lipinski definition) is 3. The first-order valence-electron chi connectivity index (χ1n) is 9.18. The average molecular weight is 416 g/mol. The first-order chi connectivity index (χ1) is 13.9. The highest BCUT2D eigenvalue weighted by molar-refractivity contribution is 7.80. The quantitative estimate of drug-likeness (QED) is 0.476. The lowest BCUT2D eigenvalue weighted by Gasteiger charge is -2.13. The summed E-state index contributed by atoms with van der Waals surface area (Å²) in [5, 5.41) is 2.48. The van der Waals surface area contributed by atoms with Gasteiger partial charge in [-0.05, 0) is 54.9 Å². The van der Waals surface area contributed by atoms with Crippen LogP contribution in [0.1, 0.15) is 41.0 Å². The van der Waals surface area contributed by atoms with Crippen molar-refractivity contribution in [3.63, 3.8) is 0 Å². The molecule has 0 bridgehead atoms. The van der Waals surface area contributed by atoms with Gasteiger partial charge in [-0.3, -0.25) is 25.8 Å². The van der Waals surface area contributed by atoms with Gasteiger partial charge in [-0.25, -0.2) is 0 Å². The van der Waals surface area contributed by atoms with Crippen LogP contribution in [0.15, 0.2) is 48.5 Å². The lowest BCUT2D eigenvalue weighted by atomic mass is 10.1. The highest BCUT2D eigenvalue weighted by Crippen LogP contribution is 2.16. The van der Waals surface area contributed by atoms with Gasteiger partial charge in [0.05, 0.1) is 19.3 Å². The van der Waals surface area contributed by atoms with Gasteiger partial charge in [0.25, 0.3) is 11.8 Å². The van der Waals surface area contributed by atoms with Gasteiger partial charge >= 0.3 is 0 Å². The van der Waals surface area contributed by atoms with Gasteiger partial charge in [0.2, 0.25) is 0 Å². The summed E-state index contributed by atoms with van der Waals surface area (Å²) in [6.45, 7) is 4.82. The number of nitrogens with one attached hydrogen (secondary N) is 3. The van der Waals surface area contributed by atoms with Crippen molar-refractivity contribution in [2.45, 2.75) is 20.3 Å². The van der Waals surface area contributed by atoms with Crippen LogP contribution in [0.4, 0.5) is 0 Å². The predicted molar refractivity (Wildman–Crippen MR) is 115 cm³/mol. The molecule has 0 aliphatic heterocycles. The molecule has 0 radical (unpaired) electrons. The van der Waals surface area contributed by atoms with Gasteiger partial charge < -0.3 is 9.47 Å². The van der Waals surface area contributed by atoms with Crippen LogP contribution in [0.2, 0.25) is 0 Å². The second-order valence-electron chi connectivity index (χ2n) is 6.62. The van der Waals surface area contributed by atoms with Gasteiger partial charge in [-0.1, -0.05) is 32.0 Å². The highest BCUT2D eigenvalue weighted by atomic mass is 32.1. The lowest BCUT2D eigenvalue weighted by Crippen LogP contribution is -2.48. The number of hydrazine groups is 1. The van der Waals surface area contributed by atoms with Crippen molar-refractivity contribution in [3.05, 3.63) is 59.7 Å². The van der Waals surface area contributed by atoms with E-state index >= 15 is 0 Å². The maximum absolute atomic E-state index is 12.4. The largest absolute Gasteiger partial charge is 0.496 e. The Bertz CT molecular complexity index is 871. The zero-order valence-corrected chi connectivity index (χ0v) is 17.5. The van der Waals surface area contributed by atoms with E-state index in [2.05, 4.69) is 30.0 Å². The number of carbonyl (C=O) groups is 2. The standard InChI is InChI=1S/C21H25N3O4S/c1-14(2)11-12-28-16-8-6-7-15(13-16)19(25)22-21(29)24-23-20(26)17-9-4-5-10-18(17)27-3/h4-10,13-14H,11-12H2,1-3H3,(H,23,26)(H2,22,24,25,29). The Balaban J connectivity index is 1.87. The van der Waals surface area contributed by atoms with E-state index in [4.69, 9.17) is 21.7 Å². The van der Waals surface area contributed by atoms with E-state index in [1.54, 1.807) is 48.5 Å². The summed E-state index contributed by atoms with van der Waals surface area (Å²) in [5.74, 6) is 0.719. The van der Waals surface area contributed by atoms with Gasteiger partial charge in [0, 0.05) is 5.56 Å². The number of thiocarbonyl (C=S) groups is 1. The van der Waals surface area contributed by atoms with E-state index in [0.29, 0.717) is 35.2 Å². The molecular formula is C21H25N3O4S. The number of amides is 2. The molecule has 2 amide bonds. The van der Waals surface area contributed by atoms with E-state index in [9.17, 15) is 9.59 Å². The molecule has 0 atom stereocenters. The fraction of sp³-hybridized carbons (Fsp3) is 0.286. The average Bonchev–Trinajstić information content (AvgIpc) is 2.72. The molecule has 0 saturated heterocycles. The van der Waals surface area contributed by atoms with Crippen LogP contribution < -0.4 is 25.6 Å². The van der Waals surface area contributed by atoms with Crippen LogP contribution in [0.25, 0.3) is 0 Å². The minimum atomic E-state index is -0.445. The third-order valence-electron chi connectivity index (χ3n) is 3.93. The number of rotatable bonds is 7. The monoisotopic (exact) mass is 415 g/mol. The minimum Gasteiger partial charge on any atom is -0.496 e. The summed E-state index contributed by atoms with van der Waals surface area (Å²) in [7, 11) is 1.48. The molecule has 29 heavy (non-hydrogen) atoms. The third-order valence-corrected chi connectivity index (χ3v) is 4.13. The Hall–Kier alpha value is -3.13.